The Kier molecular flexibility index (Phi) is 4.29. The SMILES string of the molecule is C[C@@H]1[C@H](NC(=O)c2cnc(-c3c(F)cccc3F)s2)C2CCN1CC2. The molecule has 0 unspecified atom stereocenters. The van der Waals surface area contributed by atoms with E-state index in [4.69, 9.17) is 0 Å². The molecule has 0 radical (unpaired) electrons. The van der Waals surface area contributed by atoms with Gasteiger partial charge in [-0.3, -0.25) is 9.69 Å². The molecule has 5 rings (SSSR count). The number of halogens is 2. The molecule has 3 aliphatic rings. The Morgan fingerprint density at radius 3 is 2.60 bits per heavy atom. The Morgan fingerprint density at radius 1 is 1.28 bits per heavy atom. The predicted octanol–water partition coefficient (Wildman–Crippen LogP) is 3.30. The fourth-order valence-electron chi connectivity index (χ4n) is 3.96. The van der Waals surface area contributed by atoms with E-state index in [9.17, 15) is 13.6 Å². The number of nitrogens with one attached hydrogen (secondary N) is 1. The summed E-state index contributed by atoms with van der Waals surface area (Å²) in [6.07, 6.45) is 3.60. The Labute approximate surface area is 148 Å². The van der Waals surface area contributed by atoms with Gasteiger partial charge in [-0.15, -0.1) is 11.3 Å². The van der Waals surface area contributed by atoms with E-state index in [0.29, 0.717) is 16.8 Å². The van der Waals surface area contributed by atoms with Crippen LogP contribution >= 0.6 is 11.3 Å². The fraction of sp³-hybridized carbons (Fsp3) is 0.444. The summed E-state index contributed by atoms with van der Waals surface area (Å²) in [5, 5.41) is 3.30. The molecule has 3 fully saturated rings. The molecule has 3 saturated heterocycles. The molecule has 1 aromatic carbocycles. The highest BCUT2D eigenvalue weighted by atomic mass is 32.1. The molecule has 4 heterocycles. The lowest BCUT2D eigenvalue weighted by atomic mass is 9.79. The van der Waals surface area contributed by atoms with Crippen molar-refractivity contribution in [2.45, 2.75) is 31.8 Å². The summed E-state index contributed by atoms with van der Waals surface area (Å²) in [7, 11) is 0. The van der Waals surface area contributed by atoms with Crippen LogP contribution in [0.2, 0.25) is 0 Å². The Bertz CT molecular complexity index is 779. The summed E-state index contributed by atoms with van der Waals surface area (Å²) < 4.78 is 27.8. The minimum atomic E-state index is -0.674. The second-order valence-corrected chi connectivity index (χ2v) is 7.77. The molecular formula is C18H19F2N3OS. The van der Waals surface area contributed by atoms with E-state index in [1.807, 2.05) is 0 Å². The largest absolute Gasteiger partial charge is 0.347 e. The third-order valence-corrected chi connectivity index (χ3v) is 6.40. The van der Waals surface area contributed by atoms with Gasteiger partial charge in [0.2, 0.25) is 0 Å². The molecular weight excluding hydrogens is 344 g/mol. The van der Waals surface area contributed by atoms with Gasteiger partial charge < -0.3 is 5.32 Å². The Balaban J connectivity index is 1.53. The molecule has 4 nitrogen and oxygen atoms in total. The highest BCUT2D eigenvalue weighted by Crippen LogP contribution is 2.33. The van der Waals surface area contributed by atoms with E-state index < -0.39 is 11.6 Å². The Hall–Kier alpha value is -1.86. The van der Waals surface area contributed by atoms with Crippen LogP contribution in [0, 0.1) is 17.6 Å². The van der Waals surface area contributed by atoms with Crippen molar-refractivity contribution in [3.8, 4) is 10.6 Å². The van der Waals surface area contributed by atoms with Crippen molar-refractivity contribution in [2.24, 2.45) is 5.92 Å². The minimum absolute atomic E-state index is 0.116. The molecule has 7 heteroatoms. The molecule has 1 amide bonds. The maximum Gasteiger partial charge on any atom is 0.263 e. The smallest absolute Gasteiger partial charge is 0.263 e. The molecule has 0 spiro atoms. The van der Waals surface area contributed by atoms with Crippen LogP contribution in [0.4, 0.5) is 8.78 Å². The van der Waals surface area contributed by atoms with Crippen LogP contribution in [-0.4, -0.2) is 41.0 Å². The first-order valence-corrected chi connectivity index (χ1v) is 9.31. The first-order chi connectivity index (χ1) is 12.0. The number of hydrogen-bond acceptors (Lipinski definition) is 4. The van der Waals surface area contributed by atoms with Crippen molar-refractivity contribution in [2.75, 3.05) is 13.1 Å². The van der Waals surface area contributed by atoms with Gasteiger partial charge in [-0.1, -0.05) is 6.07 Å². The third-order valence-electron chi connectivity index (χ3n) is 5.38. The highest BCUT2D eigenvalue weighted by molar-refractivity contribution is 7.16. The van der Waals surface area contributed by atoms with Gasteiger partial charge in [-0.25, -0.2) is 13.8 Å². The van der Waals surface area contributed by atoms with E-state index in [-0.39, 0.29) is 22.5 Å². The molecule has 1 N–H and O–H groups in total. The number of carbonyl (C=O) groups is 1. The number of hydrogen-bond donors (Lipinski definition) is 1. The predicted molar refractivity (Wildman–Crippen MR) is 92.5 cm³/mol. The van der Waals surface area contributed by atoms with Crippen molar-refractivity contribution in [3.05, 3.63) is 40.9 Å². The van der Waals surface area contributed by atoms with Crippen LogP contribution < -0.4 is 5.32 Å². The average molecular weight is 363 g/mol. The van der Waals surface area contributed by atoms with Crippen LogP contribution in [0.25, 0.3) is 10.6 Å². The number of thiazole rings is 1. The molecule has 1 aromatic heterocycles. The number of nitrogens with zero attached hydrogens (tertiary/aromatic N) is 2. The molecule has 0 saturated carbocycles. The third kappa shape index (κ3) is 2.95. The summed E-state index contributed by atoms with van der Waals surface area (Å²) >= 11 is 1.02. The van der Waals surface area contributed by atoms with Gasteiger partial charge in [0.15, 0.2) is 0 Å². The standard InChI is InChI=1S/C18H19F2N3OS/c1-10-16(11-5-7-23(10)8-6-11)22-17(24)14-9-21-18(25-14)15-12(19)3-2-4-13(15)20/h2-4,9-11,16H,5-8H2,1H3,(H,22,24)/t10-,16+/m1/s1. The number of amides is 1. The van der Waals surface area contributed by atoms with Crippen LogP contribution in [0.3, 0.4) is 0 Å². The molecule has 2 bridgehead atoms. The number of piperidine rings is 3. The van der Waals surface area contributed by atoms with Crippen LogP contribution in [0.1, 0.15) is 29.4 Å². The van der Waals surface area contributed by atoms with Gasteiger partial charge in [-0.2, -0.15) is 0 Å². The van der Waals surface area contributed by atoms with Crippen molar-refractivity contribution in [1.29, 1.82) is 0 Å². The van der Waals surface area contributed by atoms with Gasteiger partial charge in [0.1, 0.15) is 21.5 Å². The monoisotopic (exact) mass is 363 g/mol. The number of rotatable bonds is 3. The number of carbonyl (C=O) groups excluding carboxylic acids is 1. The number of benzene rings is 1. The molecule has 132 valence electrons. The quantitative estimate of drug-likeness (QED) is 0.910. The van der Waals surface area contributed by atoms with Crippen molar-refractivity contribution >= 4 is 17.2 Å². The second-order valence-electron chi connectivity index (χ2n) is 6.74. The lowest BCUT2D eigenvalue weighted by Gasteiger charge is -2.49. The van der Waals surface area contributed by atoms with Gasteiger partial charge >= 0.3 is 0 Å². The normalized spacial score (nSPS) is 28.1. The molecule has 2 atom stereocenters. The minimum Gasteiger partial charge on any atom is -0.347 e. The van der Waals surface area contributed by atoms with Gasteiger partial charge in [-0.05, 0) is 50.9 Å². The lowest BCUT2D eigenvalue weighted by Crippen LogP contribution is -2.62. The van der Waals surface area contributed by atoms with E-state index in [0.717, 1.165) is 37.3 Å². The zero-order chi connectivity index (χ0) is 17.6. The van der Waals surface area contributed by atoms with E-state index in [1.54, 1.807) is 0 Å². The van der Waals surface area contributed by atoms with Gasteiger partial charge in [0.25, 0.3) is 5.91 Å². The van der Waals surface area contributed by atoms with Crippen molar-refractivity contribution in [1.82, 2.24) is 15.2 Å². The van der Waals surface area contributed by atoms with Crippen LogP contribution in [0.15, 0.2) is 24.4 Å². The summed E-state index contributed by atoms with van der Waals surface area (Å²) in [5.41, 5.74) is -0.178. The molecule has 25 heavy (non-hydrogen) atoms. The van der Waals surface area contributed by atoms with Crippen LogP contribution in [0.5, 0.6) is 0 Å². The molecule has 2 aromatic rings. The van der Waals surface area contributed by atoms with E-state index in [1.165, 1.54) is 24.4 Å². The zero-order valence-corrected chi connectivity index (χ0v) is 14.7. The van der Waals surface area contributed by atoms with Crippen molar-refractivity contribution in [3.63, 3.8) is 0 Å². The van der Waals surface area contributed by atoms with E-state index >= 15 is 0 Å². The number of aromatic nitrogens is 1. The lowest BCUT2D eigenvalue weighted by molar-refractivity contribution is 0.0218. The summed E-state index contributed by atoms with van der Waals surface area (Å²) in [4.78, 5) is 19.4. The second kappa shape index (κ2) is 6.46. The fourth-order valence-corrected chi connectivity index (χ4v) is 4.83. The molecule has 3 aliphatic heterocycles. The highest BCUT2D eigenvalue weighted by Gasteiger charge is 2.40. The maximum atomic E-state index is 13.9. The topological polar surface area (TPSA) is 45.2 Å². The average Bonchev–Trinajstić information content (AvgIpc) is 3.08. The number of fused-ring (bicyclic) bond motifs is 3. The first kappa shape index (κ1) is 16.6. The van der Waals surface area contributed by atoms with E-state index in [2.05, 4.69) is 22.1 Å². The maximum absolute atomic E-state index is 13.9. The molecule has 0 aliphatic carbocycles. The summed E-state index contributed by atoms with van der Waals surface area (Å²) in [6.45, 7) is 4.33. The summed E-state index contributed by atoms with van der Waals surface area (Å²) in [6, 6.07) is 4.12. The van der Waals surface area contributed by atoms with Crippen molar-refractivity contribution < 1.29 is 13.6 Å². The zero-order valence-electron chi connectivity index (χ0n) is 13.8. The first-order valence-electron chi connectivity index (χ1n) is 8.49. The van der Waals surface area contributed by atoms with Crippen LogP contribution in [-0.2, 0) is 0 Å². The van der Waals surface area contributed by atoms with Gasteiger partial charge in [0, 0.05) is 12.1 Å². The van der Waals surface area contributed by atoms with Gasteiger partial charge in [0.05, 0.1) is 11.8 Å². The summed E-state index contributed by atoms with van der Waals surface area (Å²) in [5.74, 6) is -1.06. The Morgan fingerprint density at radius 2 is 1.96 bits per heavy atom.